The number of fused-ring (bicyclic) bond motifs is 1. The first-order valence-electron chi connectivity index (χ1n) is 14.2. The van der Waals surface area contributed by atoms with E-state index in [1.807, 2.05) is 86.0 Å². The van der Waals surface area contributed by atoms with Crippen molar-refractivity contribution in [2.45, 2.75) is 51.3 Å². The quantitative estimate of drug-likeness (QED) is 0.144. The molecule has 0 amide bonds. The Kier molecular flexibility index (Phi) is 9.98. The molecule has 0 saturated carbocycles. The second kappa shape index (κ2) is 13.9. The van der Waals surface area contributed by atoms with Crippen molar-refractivity contribution >= 4 is 46.7 Å². The zero-order valence-corrected chi connectivity index (χ0v) is 27.5. The Balaban J connectivity index is 1.55. The molecule has 5 rings (SSSR count). The van der Waals surface area contributed by atoms with Crippen LogP contribution in [0.2, 0.25) is 5.02 Å². The summed E-state index contributed by atoms with van der Waals surface area (Å²) >= 11 is 8.91. The van der Waals surface area contributed by atoms with Crippen molar-refractivity contribution in [1.82, 2.24) is 4.57 Å². The van der Waals surface area contributed by atoms with Gasteiger partial charge in [-0.3, -0.25) is 9.36 Å². The minimum absolute atomic E-state index is 0.240. The van der Waals surface area contributed by atoms with E-state index >= 15 is 0 Å². The number of carbonyl (C=O) groups excluding carboxylic acids is 1. The van der Waals surface area contributed by atoms with Gasteiger partial charge in [0.1, 0.15) is 6.61 Å². The van der Waals surface area contributed by atoms with E-state index in [4.69, 9.17) is 30.8 Å². The van der Waals surface area contributed by atoms with Crippen LogP contribution in [-0.4, -0.2) is 29.5 Å². The predicted molar refractivity (Wildman–Crippen MR) is 177 cm³/mol. The number of rotatable bonds is 10. The van der Waals surface area contributed by atoms with Gasteiger partial charge in [-0.25, -0.2) is 9.79 Å². The van der Waals surface area contributed by atoms with E-state index in [1.54, 1.807) is 37.1 Å². The number of carbonyl (C=O) groups is 1. The van der Waals surface area contributed by atoms with Crippen LogP contribution in [0.3, 0.4) is 0 Å². The van der Waals surface area contributed by atoms with E-state index in [0.717, 1.165) is 21.6 Å². The topological polar surface area (TPSA) is 79.1 Å². The van der Waals surface area contributed by atoms with Crippen LogP contribution < -0.4 is 24.4 Å². The third kappa shape index (κ3) is 6.96. The van der Waals surface area contributed by atoms with Crippen LogP contribution in [0.4, 0.5) is 0 Å². The molecule has 3 aromatic carbocycles. The van der Waals surface area contributed by atoms with Crippen LogP contribution in [0.1, 0.15) is 50.4 Å². The third-order valence-electron chi connectivity index (χ3n) is 6.89. The first kappa shape index (κ1) is 31.6. The number of aromatic nitrogens is 1. The maximum Gasteiger partial charge on any atom is 0.338 e. The lowest BCUT2D eigenvalue weighted by Crippen LogP contribution is -2.40. The minimum Gasteiger partial charge on any atom is -0.490 e. The molecule has 7 nitrogen and oxygen atoms in total. The molecule has 0 radical (unpaired) electrons. The highest BCUT2D eigenvalue weighted by Crippen LogP contribution is 2.33. The lowest BCUT2D eigenvalue weighted by molar-refractivity contribution is -0.143. The highest BCUT2D eigenvalue weighted by atomic mass is 35.5. The monoisotopic (exact) mass is 648 g/mol. The van der Waals surface area contributed by atoms with Gasteiger partial charge in [-0.1, -0.05) is 53.3 Å². The molecule has 1 aliphatic heterocycles. The average molecular weight is 649 g/mol. The van der Waals surface area contributed by atoms with Crippen LogP contribution in [0.25, 0.3) is 6.08 Å². The van der Waals surface area contributed by atoms with Crippen molar-refractivity contribution in [3.05, 3.63) is 119 Å². The Morgan fingerprint density at radius 1 is 1.07 bits per heavy atom. The van der Waals surface area contributed by atoms with Crippen molar-refractivity contribution in [1.29, 1.82) is 0 Å². The van der Waals surface area contributed by atoms with Crippen LogP contribution >= 0.6 is 34.7 Å². The second-order valence-electron chi connectivity index (χ2n) is 10.4. The summed E-state index contributed by atoms with van der Waals surface area (Å²) in [7, 11) is 0. The molecule has 0 aliphatic carbocycles. The molecule has 228 valence electrons. The number of esters is 1. The summed E-state index contributed by atoms with van der Waals surface area (Å²) in [6, 6.07) is 20.3. The Bertz CT molecular complexity index is 1880. The number of thioether (sulfide) groups is 1. The standard InChI is InChI=1S/C34H33ClN2O5S2/c1-6-40-28-17-23(9-16-27(28)41-19-22-7-12-25(35)13-8-22)18-29-32(38)37-31(24-10-14-26(43-5)15-11-24)30(33(39)42-20(2)3)21(4)36-34(37)44-29/h7-18,20,31H,6,19H2,1-5H3/b29-18-/t31-/m1/s1. The van der Waals surface area contributed by atoms with Crippen molar-refractivity contribution in [3.8, 4) is 11.5 Å². The molecule has 0 saturated heterocycles. The summed E-state index contributed by atoms with van der Waals surface area (Å²) in [4.78, 5) is 33.7. The Labute approximate surface area is 269 Å². The van der Waals surface area contributed by atoms with E-state index in [9.17, 15) is 9.59 Å². The van der Waals surface area contributed by atoms with Gasteiger partial charge >= 0.3 is 5.97 Å². The lowest BCUT2D eigenvalue weighted by Gasteiger charge is -2.25. The Hall–Kier alpha value is -3.79. The number of benzene rings is 3. The smallest absolute Gasteiger partial charge is 0.338 e. The zero-order valence-electron chi connectivity index (χ0n) is 25.1. The van der Waals surface area contributed by atoms with Gasteiger partial charge in [0.15, 0.2) is 16.3 Å². The molecule has 10 heteroatoms. The molecule has 1 aliphatic rings. The first-order chi connectivity index (χ1) is 21.2. The Morgan fingerprint density at radius 3 is 2.45 bits per heavy atom. The highest BCUT2D eigenvalue weighted by molar-refractivity contribution is 7.98. The van der Waals surface area contributed by atoms with Gasteiger partial charge in [-0.2, -0.15) is 0 Å². The van der Waals surface area contributed by atoms with Crippen LogP contribution in [-0.2, 0) is 16.1 Å². The van der Waals surface area contributed by atoms with E-state index in [1.165, 1.54) is 11.3 Å². The summed E-state index contributed by atoms with van der Waals surface area (Å²) in [6.45, 7) is 8.10. The second-order valence-corrected chi connectivity index (χ2v) is 12.7. The van der Waals surface area contributed by atoms with Crippen LogP contribution in [0, 0.1) is 0 Å². The fraction of sp³-hybridized carbons (Fsp3) is 0.265. The molecule has 0 unspecified atom stereocenters. The van der Waals surface area contributed by atoms with E-state index in [2.05, 4.69) is 0 Å². The normalized spacial score (nSPS) is 14.8. The predicted octanol–water partition coefficient (Wildman–Crippen LogP) is 6.54. The molecule has 0 N–H and O–H groups in total. The SMILES string of the molecule is CCOc1cc(/C=c2\sc3n(c2=O)[C@H](c2ccc(SC)cc2)C(C(=O)OC(C)C)=C(C)N=3)ccc1OCc1ccc(Cl)cc1. The summed E-state index contributed by atoms with van der Waals surface area (Å²) < 4.78 is 19.6. The van der Waals surface area contributed by atoms with E-state index in [0.29, 0.717) is 50.3 Å². The van der Waals surface area contributed by atoms with Crippen molar-refractivity contribution < 1.29 is 19.0 Å². The van der Waals surface area contributed by atoms with Crippen LogP contribution in [0.15, 0.2) is 92.7 Å². The molecule has 1 aromatic heterocycles. The molecule has 44 heavy (non-hydrogen) atoms. The zero-order chi connectivity index (χ0) is 31.4. The molecule has 2 heterocycles. The molecular formula is C34H33ClN2O5S2. The summed E-state index contributed by atoms with van der Waals surface area (Å²) in [5, 5.41) is 0.667. The van der Waals surface area contributed by atoms with Gasteiger partial charge in [0.25, 0.3) is 5.56 Å². The number of nitrogens with zero attached hydrogens (tertiary/aromatic N) is 2. The molecule has 1 atom stereocenters. The summed E-state index contributed by atoms with van der Waals surface area (Å²) in [5.74, 6) is 0.687. The van der Waals surface area contributed by atoms with E-state index < -0.39 is 12.0 Å². The fourth-order valence-corrected chi connectivity index (χ4v) is 6.44. The van der Waals surface area contributed by atoms with Gasteiger partial charge in [0.2, 0.25) is 0 Å². The maximum absolute atomic E-state index is 14.0. The number of hydrogen-bond donors (Lipinski definition) is 0. The fourth-order valence-electron chi connectivity index (χ4n) is 4.86. The largest absolute Gasteiger partial charge is 0.490 e. The first-order valence-corrected chi connectivity index (χ1v) is 16.6. The molecule has 0 bridgehead atoms. The van der Waals surface area contributed by atoms with Gasteiger partial charge in [-0.05, 0) is 93.1 Å². The van der Waals surface area contributed by atoms with Crippen molar-refractivity contribution in [2.24, 2.45) is 4.99 Å². The van der Waals surface area contributed by atoms with Crippen molar-refractivity contribution in [2.75, 3.05) is 12.9 Å². The number of allylic oxidation sites excluding steroid dienone is 1. The average Bonchev–Trinajstić information content (AvgIpc) is 3.30. The molecule has 0 fully saturated rings. The summed E-state index contributed by atoms with van der Waals surface area (Å²) in [6.07, 6.45) is 3.50. The number of halogens is 1. The number of hydrogen-bond acceptors (Lipinski definition) is 8. The molecular weight excluding hydrogens is 616 g/mol. The Morgan fingerprint density at radius 2 is 1.80 bits per heavy atom. The van der Waals surface area contributed by atoms with Gasteiger partial charge in [0.05, 0.1) is 34.6 Å². The molecule has 4 aromatic rings. The number of thiazole rings is 1. The highest BCUT2D eigenvalue weighted by Gasteiger charge is 2.33. The van der Waals surface area contributed by atoms with Crippen molar-refractivity contribution in [3.63, 3.8) is 0 Å². The van der Waals surface area contributed by atoms with E-state index in [-0.39, 0.29) is 11.7 Å². The lowest BCUT2D eigenvalue weighted by atomic mass is 9.96. The molecule has 0 spiro atoms. The van der Waals surface area contributed by atoms with Gasteiger partial charge < -0.3 is 14.2 Å². The van der Waals surface area contributed by atoms with Crippen LogP contribution in [0.5, 0.6) is 11.5 Å². The maximum atomic E-state index is 14.0. The third-order valence-corrected chi connectivity index (χ3v) is 8.87. The summed E-state index contributed by atoms with van der Waals surface area (Å²) in [5.41, 5.74) is 3.20. The van der Waals surface area contributed by atoms with Gasteiger partial charge in [-0.15, -0.1) is 11.8 Å². The van der Waals surface area contributed by atoms with Gasteiger partial charge in [0, 0.05) is 9.92 Å². The minimum atomic E-state index is -0.668. The number of ether oxygens (including phenoxy) is 3.